The first-order valence-electron chi connectivity index (χ1n) is 18.2. The van der Waals surface area contributed by atoms with Gasteiger partial charge in [0.15, 0.2) is 5.65 Å². The summed E-state index contributed by atoms with van der Waals surface area (Å²) in [5.74, 6) is 3.17. The quantitative estimate of drug-likeness (QED) is 0.362. The van der Waals surface area contributed by atoms with E-state index in [1.807, 2.05) is 11.3 Å². The maximum Gasteiger partial charge on any atom is 0.170 e. The van der Waals surface area contributed by atoms with Gasteiger partial charge in [0, 0.05) is 17.5 Å². The van der Waals surface area contributed by atoms with E-state index in [9.17, 15) is 0 Å². The van der Waals surface area contributed by atoms with Crippen molar-refractivity contribution in [2.24, 2.45) is 11.8 Å². The summed E-state index contributed by atoms with van der Waals surface area (Å²) in [6, 6.07) is 4.81. The van der Waals surface area contributed by atoms with E-state index < -0.39 is 0 Å². The lowest BCUT2D eigenvalue weighted by Gasteiger charge is -2.17. The fourth-order valence-corrected chi connectivity index (χ4v) is 9.11. The molecule has 40 heavy (non-hydrogen) atoms. The van der Waals surface area contributed by atoms with Crippen molar-refractivity contribution >= 4 is 21.7 Å². The number of hydrogen-bond donors (Lipinski definition) is 0. The molecule has 3 heteroatoms. The van der Waals surface area contributed by atoms with Crippen molar-refractivity contribution in [2.75, 3.05) is 0 Å². The highest BCUT2D eigenvalue weighted by atomic mass is 32.1. The topological polar surface area (TPSA) is 25.8 Å². The molecule has 5 rings (SSSR count). The Labute approximate surface area is 250 Å². The van der Waals surface area contributed by atoms with Crippen LogP contribution < -0.4 is 0 Å². The summed E-state index contributed by atoms with van der Waals surface area (Å²) >= 11 is 1.97. The molecule has 0 bridgehead atoms. The second kappa shape index (κ2) is 17.2. The van der Waals surface area contributed by atoms with Crippen LogP contribution in [0.15, 0.2) is 12.1 Å². The van der Waals surface area contributed by atoms with Crippen LogP contribution in [0.2, 0.25) is 0 Å². The summed E-state index contributed by atoms with van der Waals surface area (Å²) < 4.78 is 1.33. The fraction of sp³-hybridized carbons (Fsp3) is 0.838. The van der Waals surface area contributed by atoms with Gasteiger partial charge in [-0.25, -0.2) is 9.97 Å². The predicted molar refractivity (Wildman–Crippen MR) is 175 cm³/mol. The molecule has 0 spiro atoms. The standard InChI is InChI=1S/C37H60N2S/c1-2-4-8-12-16-20-24-30(23-19-15-11-7-3-1)37-39-36-35(40-37)28-27-34(38-36)32-26-22-18-14-10-6-5-9-13-17-21-25-31-29-33(31)32/h27-28,30-33H,1-26,29H2. The first kappa shape index (κ1) is 30.5. The number of fused-ring (bicyclic) bond motifs is 2. The average molecular weight is 565 g/mol. The second-order valence-electron chi connectivity index (χ2n) is 14.0. The number of pyridine rings is 1. The Balaban J connectivity index is 1.25. The molecular formula is C37H60N2S. The molecule has 0 aliphatic heterocycles. The van der Waals surface area contributed by atoms with Crippen molar-refractivity contribution in [3.05, 3.63) is 22.8 Å². The predicted octanol–water partition coefficient (Wildman–Crippen LogP) is 12.7. The van der Waals surface area contributed by atoms with Gasteiger partial charge in [-0.3, -0.25) is 0 Å². The zero-order valence-corrected chi connectivity index (χ0v) is 26.7. The van der Waals surface area contributed by atoms with Gasteiger partial charge >= 0.3 is 0 Å². The van der Waals surface area contributed by atoms with Crippen molar-refractivity contribution < 1.29 is 0 Å². The molecule has 2 aromatic rings. The first-order chi connectivity index (χ1) is 19.9. The van der Waals surface area contributed by atoms with Crippen LogP contribution in [0.1, 0.15) is 196 Å². The van der Waals surface area contributed by atoms with Crippen molar-refractivity contribution in [2.45, 2.75) is 185 Å². The van der Waals surface area contributed by atoms with E-state index in [0.717, 1.165) is 17.5 Å². The van der Waals surface area contributed by atoms with E-state index in [1.54, 1.807) is 0 Å². The zero-order valence-electron chi connectivity index (χ0n) is 25.9. The largest absolute Gasteiger partial charge is 0.232 e. The lowest BCUT2D eigenvalue weighted by molar-refractivity contribution is 0.464. The van der Waals surface area contributed by atoms with Crippen molar-refractivity contribution in [3.8, 4) is 0 Å². The van der Waals surface area contributed by atoms with Gasteiger partial charge in [0.1, 0.15) is 0 Å². The molecule has 0 N–H and O–H groups in total. The van der Waals surface area contributed by atoms with Gasteiger partial charge in [-0.1, -0.05) is 148 Å². The van der Waals surface area contributed by atoms with Gasteiger partial charge in [0.2, 0.25) is 0 Å². The van der Waals surface area contributed by atoms with Crippen LogP contribution in [0.25, 0.3) is 10.3 Å². The molecule has 3 saturated carbocycles. The van der Waals surface area contributed by atoms with Crippen LogP contribution in [-0.2, 0) is 0 Å². The molecule has 3 atom stereocenters. The average Bonchev–Trinajstić information content (AvgIpc) is 3.60. The molecule has 3 aliphatic carbocycles. The number of rotatable bonds is 2. The molecule has 0 radical (unpaired) electrons. The Morgan fingerprint density at radius 3 is 1.52 bits per heavy atom. The monoisotopic (exact) mass is 564 g/mol. The van der Waals surface area contributed by atoms with Crippen LogP contribution in [0.5, 0.6) is 0 Å². The number of hydrogen-bond acceptors (Lipinski definition) is 3. The van der Waals surface area contributed by atoms with Crippen LogP contribution in [0.4, 0.5) is 0 Å². The summed E-state index contributed by atoms with van der Waals surface area (Å²) in [5.41, 5.74) is 2.45. The molecule has 2 nitrogen and oxygen atoms in total. The van der Waals surface area contributed by atoms with Crippen LogP contribution in [0, 0.1) is 11.8 Å². The molecule has 3 fully saturated rings. The van der Waals surface area contributed by atoms with E-state index in [0.29, 0.717) is 11.8 Å². The van der Waals surface area contributed by atoms with E-state index in [4.69, 9.17) is 9.97 Å². The van der Waals surface area contributed by atoms with Gasteiger partial charge in [0.25, 0.3) is 0 Å². The third-order valence-electron chi connectivity index (χ3n) is 10.7. The highest BCUT2D eigenvalue weighted by Gasteiger charge is 2.43. The molecule has 0 aromatic carbocycles. The van der Waals surface area contributed by atoms with Gasteiger partial charge in [-0.15, -0.1) is 11.3 Å². The zero-order chi connectivity index (χ0) is 27.2. The van der Waals surface area contributed by atoms with E-state index in [1.165, 1.54) is 189 Å². The highest BCUT2D eigenvalue weighted by molar-refractivity contribution is 7.18. The number of aromatic nitrogens is 2. The SMILES string of the molecule is c1cc2sc(C3CCCCCCCCCCCCCC3)nc2nc1C1CCCCCCCCCCCCC2CC21. The summed E-state index contributed by atoms with van der Waals surface area (Å²) in [5, 5.41) is 1.40. The van der Waals surface area contributed by atoms with Gasteiger partial charge in [-0.05, 0) is 49.7 Å². The molecule has 224 valence electrons. The minimum absolute atomic E-state index is 0.652. The van der Waals surface area contributed by atoms with Crippen molar-refractivity contribution in [3.63, 3.8) is 0 Å². The third kappa shape index (κ3) is 9.81. The number of nitrogens with zero attached hydrogens (tertiary/aromatic N) is 2. The molecule has 0 amide bonds. The normalized spacial score (nSPS) is 28.4. The lowest BCUT2D eigenvalue weighted by Crippen LogP contribution is -2.06. The highest BCUT2D eigenvalue weighted by Crippen LogP contribution is 2.53. The van der Waals surface area contributed by atoms with Gasteiger partial charge in [-0.2, -0.15) is 0 Å². The van der Waals surface area contributed by atoms with Gasteiger partial charge in [0.05, 0.1) is 9.71 Å². The fourth-order valence-electron chi connectivity index (χ4n) is 8.03. The molecule has 3 unspecified atom stereocenters. The van der Waals surface area contributed by atoms with E-state index >= 15 is 0 Å². The van der Waals surface area contributed by atoms with E-state index in [2.05, 4.69) is 12.1 Å². The minimum atomic E-state index is 0.652. The summed E-state index contributed by atoms with van der Waals surface area (Å²) in [6.07, 6.45) is 38.6. The van der Waals surface area contributed by atoms with Crippen LogP contribution >= 0.6 is 11.3 Å². The molecule has 0 saturated heterocycles. The summed E-state index contributed by atoms with van der Waals surface area (Å²) in [6.45, 7) is 0. The molecule has 2 aromatic heterocycles. The third-order valence-corrected chi connectivity index (χ3v) is 11.9. The lowest BCUT2D eigenvalue weighted by atomic mass is 9.90. The number of thiazole rings is 1. The Hall–Kier alpha value is -0.960. The maximum atomic E-state index is 5.34. The Bertz CT molecular complexity index is 950. The van der Waals surface area contributed by atoms with E-state index in [-0.39, 0.29) is 0 Å². The Morgan fingerprint density at radius 1 is 0.500 bits per heavy atom. The smallest absolute Gasteiger partial charge is 0.170 e. The Kier molecular flexibility index (Phi) is 13.1. The summed E-state index contributed by atoms with van der Waals surface area (Å²) in [4.78, 5) is 10.6. The van der Waals surface area contributed by atoms with Gasteiger partial charge < -0.3 is 0 Å². The van der Waals surface area contributed by atoms with Crippen molar-refractivity contribution in [1.82, 2.24) is 9.97 Å². The minimum Gasteiger partial charge on any atom is -0.232 e. The van der Waals surface area contributed by atoms with Crippen LogP contribution in [0.3, 0.4) is 0 Å². The first-order valence-corrected chi connectivity index (χ1v) is 19.0. The molecule has 3 aliphatic rings. The van der Waals surface area contributed by atoms with Crippen LogP contribution in [-0.4, -0.2) is 9.97 Å². The maximum absolute atomic E-state index is 5.34. The second-order valence-corrected chi connectivity index (χ2v) is 15.1. The molecular weight excluding hydrogens is 504 g/mol. The van der Waals surface area contributed by atoms with Crippen molar-refractivity contribution in [1.29, 1.82) is 0 Å². The summed E-state index contributed by atoms with van der Waals surface area (Å²) in [7, 11) is 0. The molecule has 2 heterocycles. The Morgan fingerprint density at radius 2 is 0.975 bits per heavy atom.